The van der Waals surface area contributed by atoms with Gasteiger partial charge in [0.15, 0.2) is 11.6 Å². The molecule has 2 aliphatic heterocycles. The lowest BCUT2D eigenvalue weighted by Crippen LogP contribution is -2.40. The molecule has 27 heavy (non-hydrogen) atoms. The number of nitrogens with zero attached hydrogens (tertiary/aromatic N) is 2. The van der Waals surface area contributed by atoms with Crippen LogP contribution in [-0.4, -0.2) is 52.2 Å². The fourth-order valence-electron chi connectivity index (χ4n) is 4.59. The zero-order chi connectivity index (χ0) is 19.0. The van der Waals surface area contributed by atoms with E-state index >= 15 is 0 Å². The quantitative estimate of drug-likeness (QED) is 0.847. The molecule has 0 saturated carbocycles. The van der Waals surface area contributed by atoms with Crippen molar-refractivity contribution in [3.63, 3.8) is 0 Å². The molecule has 142 valence electrons. The van der Waals surface area contributed by atoms with Crippen molar-refractivity contribution in [3.05, 3.63) is 65.5 Å². The minimum absolute atomic E-state index is 0.0226. The van der Waals surface area contributed by atoms with E-state index in [1.54, 1.807) is 12.1 Å². The summed E-state index contributed by atoms with van der Waals surface area (Å²) in [5.74, 6) is -1.73. The highest BCUT2D eigenvalue weighted by Gasteiger charge is 2.57. The molecule has 2 heterocycles. The smallest absolute Gasteiger partial charge is 0.312 e. The Bertz CT molecular complexity index is 845. The molecule has 2 aromatic carbocycles. The summed E-state index contributed by atoms with van der Waals surface area (Å²) in [6, 6.07) is 14.5. The lowest BCUT2D eigenvalue weighted by molar-refractivity contribution is -0.149. The Morgan fingerprint density at radius 3 is 2.33 bits per heavy atom. The summed E-state index contributed by atoms with van der Waals surface area (Å²) in [6.07, 6.45) is 0. The summed E-state index contributed by atoms with van der Waals surface area (Å²) in [7, 11) is 0. The average Bonchev–Trinajstić information content (AvgIpc) is 3.14. The van der Waals surface area contributed by atoms with Crippen molar-refractivity contribution in [1.29, 1.82) is 0 Å². The molecule has 2 atom stereocenters. The highest BCUT2D eigenvalue weighted by atomic mass is 19.1. The van der Waals surface area contributed by atoms with Crippen molar-refractivity contribution < 1.29 is 19.4 Å². The Kier molecular flexibility index (Phi) is 4.61. The number of halogens is 1. The summed E-state index contributed by atoms with van der Waals surface area (Å²) in [6.45, 7) is 3.38. The van der Waals surface area contributed by atoms with Gasteiger partial charge in [-0.3, -0.25) is 14.6 Å². The third kappa shape index (κ3) is 3.31. The molecule has 0 aliphatic carbocycles. The molecule has 2 aliphatic rings. The van der Waals surface area contributed by atoms with Gasteiger partial charge in [-0.1, -0.05) is 42.5 Å². The number of benzene rings is 2. The van der Waals surface area contributed by atoms with Crippen LogP contribution in [0.3, 0.4) is 0 Å². The molecule has 0 unspecified atom stereocenters. The summed E-state index contributed by atoms with van der Waals surface area (Å²) < 4.78 is 13.6. The highest BCUT2D eigenvalue weighted by Crippen LogP contribution is 2.44. The second-order valence-corrected chi connectivity index (χ2v) is 7.73. The van der Waals surface area contributed by atoms with Crippen LogP contribution in [-0.2, 0) is 17.9 Å². The fourth-order valence-corrected chi connectivity index (χ4v) is 4.59. The van der Waals surface area contributed by atoms with E-state index in [1.807, 2.05) is 23.1 Å². The largest absolute Gasteiger partial charge is 0.505 e. The van der Waals surface area contributed by atoms with Gasteiger partial charge in [-0.05, 0) is 11.6 Å². The first-order chi connectivity index (χ1) is 13.0. The van der Waals surface area contributed by atoms with Crippen LogP contribution in [0.5, 0.6) is 5.75 Å². The molecule has 2 saturated heterocycles. The van der Waals surface area contributed by atoms with E-state index in [0.29, 0.717) is 31.7 Å². The number of carboxylic acid groups (broad SMARTS) is 1. The summed E-state index contributed by atoms with van der Waals surface area (Å²) in [4.78, 5) is 16.4. The van der Waals surface area contributed by atoms with Crippen LogP contribution in [0.2, 0.25) is 0 Å². The normalized spacial score (nSPS) is 25.6. The van der Waals surface area contributed by atoms with Crippen molar-refractivity contribution in [2.24, 2.45) is 11.3 Å². The van der Waals surface area contributed by atoms with Crippen molar-refractivity contribution in [2.75, 3.05) is 26.2 Å². The van der Waals surface area contributed by atoms with E-state index in [2.05, 4.69) is 17.0 Å². The molecule has 6 heteroatoms. The number of phenolic OH excluding ortho intramolecular Hbond substituents is 1. The average molecular weight is 370 g/mol. The maximum absolute atomic E-state index is 13.6. The molecule has 2 fully saturated rings. The predicted octanol–water partition coefficient (Wildman–Crippen LogP) is 2.55. The molecular weight excluding hydrogens is 347 g/mol. The van der Waals surface area contributed by atoms with Crippen LogP contribution in [0.1, 0.15) is 11.1 Å². The van der Waals surface area contributed by atoms with Crippen LogP contribution in [0, 0.1) is 17.2 Å². The molecule has 2 aromatic rings. The third-order valence-corrected chi connectivity index (χ3v) is 5.89. The van der Waals surface area contributed by atoms with Crippen molar-refractivity contribution in [2.45, 2.75) is 13.1 Å². The van der Waals surface area contributed by atoms with Gasteiger partial charge in [0.1, 0.15) is 0 Å². The Labute approximate surface area is 157 Å². The van der Waals surface area contributed by atoms with E-state index in [9.17, 15) is 19.4 Å². The molecule has 2 N–H and O–H groups in total. The van der Waals surface area contributed by atoms with Crippen molar-refractivity contribution >= 4 is 5.97 Å². The monoisotopic (exact) mass is 370 g/mol. The number of likely N-dealkylation sites (tertiary alicyclic amines) is 2. The third-order valence-electron chi connectivity index (χ3n) is 5.89. The number of carbonyl (C=O) groups is 1. The molecule has 0 amide bonds. The second-order valence-electron chi connectivity index (χ2n) is 7.73. The number of hydrogen-bond acceptors (Lipinski definition) is 4. The number of hydrogen-bond donors (Lipinski definition) is 2. The molecular formula is C21H23FN2O3. The molecule has 0 bridgehead atoms. The topological polar surface area (TPSA) is 64.0 Å². The van der Waals surface area contributed by atoms with Gasteiger partial charge in [-0.2, -0.15) is 0 Å². The van der Waals surface area contributed by atoms with E-state index in [1.165, 1.54) is 11.6 Å². The van der Waals surface area contributed by atoms with Gasteiger partial charge in [0, 0.05) is 50.7 Å². The molecule has 4 rings (SSSR count). The maximum atomic E-state index is 13.6. The minimum atomic E-state index is -0.808. The van der Waals surface area contributed by atoms with Crippen LogP contribution in [0.15, 0.2) is 48.5 Å². The molecule has 5 nitrogen and oxygen atoms in total. The Morgan fingerprint density at radius 1 is 1.04 bits per heavy atom. The summed E-state index contributed by atoms with van der Waals surface area (Å²) in [5, 5.41) is 19.9. The Balaban J connectivity index is 1.48. The summed E-state index contributed by atoms with van der Waals surface area (Å²) >= 11 is 0. The zero-order valence-corrected chi connectivity index (χ0v) is 15.0. The van der Waals surface area contributed by atoms with Gasteiger partial charge in [-0.25, -0.2) is 4.39 Å². The van der Waals surface area contributed by atoms with Crippen LogP contribution in [0.4, 0.5) is 4.39 Å². The first kappa shape index (κ1) is 17.9. The van der Waals surface area contributed by atoms with Gasteiger partial charge >= 0.3 is 5.97 Å². The Morgan fingerprint density at radius 2 is 1.70 bits per heavy atom. The van der Waals surface area contributed by atoms with Crippen LogP contribution >= 0.6 is 0 Å². The summed E-state index contributed by atoms with van der Waals surface area (Å²) in [5.41, 5.74) is 0.869. The van der Waals surface area contributed by atoms with E-state index in [0.717, 1.165) is 13.1 Å². The predicted molar refractivity (Wildman–Crippen MR) is 98.6 cm³/mol. The zero-order valence-electron chi connectivity index (χ0n) is 15.0. The first-order valence-corrected chi connectivity index (χ1v) is 9.16. The van der Waals surface area contributed by atoms with Crippen LogP contribution < -0.4 is 0 Å². The number of aromatic hydroxyl groups is 1. The molecule has 0 aromatic heterocycles. The van der Waals surface area contributed by atoms with Gasteiger partial charge in [0.05, 0.1) is 5.41 Å². The van der Waals surface area contributed by atoms with Gasteiger partial charge in [0.25, 0.3) is 0 Å². The second kappa shape index (κ2) is 6.94. The SMILES string of the molecule is O=C(O)[C@@]12CN(Cc3ccccc3)C[C@@H]1CN(Cc1cccc(F)c1O)C2. The minimum Gasteiger partial charge on any atom is -0.505 e. The number of phenols is 1. The lowest BCUT2D eigenvalue weighted by Gasteiger charge is -2.25. The van der Waals surface area contributed by atoms with E-state index in [4.69, 9.17) is 0 Å². The van der Waals surface area contributed by atoms with Crippen molar-refractivity contribution in [3.8, 4) is 5.75 Å². The number of fused-ring (bicyclic) bond motifs is 1. The Hall–Kier alpha value is -2.44. The number of para-hydroxylation sites is 1. The van der Waals surface area contributed by atoms with E-state index < -0.39 is 17.2 Å². The number of rotatable bonds is 5. The first-order valence-electron chi connectivity index (χ1n) is 9.16. The van der Waals surface area contributed by atoms with Gasteiger partial charge < -0.3 is 10.2 Å². The molecule has 0 radical (unpaired) electrons. The molecule has 0 spiro atoms. The maximum Gasteiger partial charge on any atom is 0.312 e. The van der Waals surface area contributed by atoms with Gasteiger partial charge in [-0.15, -0.1) is 0 Å². The number of aliphatic carboxylic acids is 1. The van der Waals surface area contributed by atoms with Crippen molar-refractivity contribution in [1.82, 2.24) is 9.80 Å². The fraction of sp³-hybridized carbons (Fsp3) is 0.381. The lowest BCUT2D eigenvalue weighted by atomic mass is 9.81. The van der Waals surface area contributed by atoms with Gasteiger partial charge in [0.2, 0.25) is 0 Å². The highest BCUT2D eigenvalue weighted by molar-refractivity contribution is 5.77. The van der Waals surface area contributed by atoms with Crippen LogP contribution in [0.25, 0.3) is 0 Å². The number of carboxylic acids is 1. The van der Waals surface area contributed by atoms with E-state index in [-0.39, 0.29) is 11.7 Å². The standard InChI is InChI=1S/C21H23FN2O3/c22-18-8-4-7-16(19(18)25)10-24-12-17-11-23(9-15-5-2-1-3-6-15)13-21(17,14-24)20(26)27/h1-8,17,25H,9-14H2,(H,26,27)/t17-,21-/m1/s1.